The van der Waals surface area contributed by atoms with E-state index in [0.29, 0.717) is 6.42 Å². The number of carboxylic acids is 1. The van der Waals surface area contributed by atoms with Crippen molar-refractivity contribution in [2.24, 2.45) is 0 Å². The highest BCUT2D eigenvalue weighted by Gasteiger charge is 1.97. The highest BCUT2D eigenvalue weighted by atomic mass is 19.1. The fraction of sp³-hybridized carbons (Fsp3) is 0.900. The summed E-state index contributed by atoms with van der Waals surface area (Å²) in [5, 5.41) is 15.7. The molecule has 1 unspecified atom stereocenters. The third kappa shape index (κ3) is 30.1. The van der Waals surface area contributed by atoms with E-state index in [-0.39, 0.29) is 0 Å². The van der Waals surface area contributed by atoms with Crippen molar-refractivity contribution >= 4 is 5.97 Å². The monoisotopic (exact) mass is 208 g/mol. The Labute approximate surface area is 84.9 Å². The summed E-state index contributed by atoms with van der Waals surface area (Å²) in [4.78, 5) is 9.00. The Kier molecular flexibility index (Phi) is 14.0. The van der Waals surface area contributed by atoms with Crippen molar-refractivity contribution in [1.29, 1.82) is 0 Å². The molecular formula is C10H21FO3. The normalized spacial score (nSPS) is 11.4. The summed E-state index contributed by atoms with van der Waals surface area (Å²) in [6, 6.07) is 0. The second-order valence-electron chi connectivity index (χ2n) is 3.16. The number of unbranched alkanes of at least 4 members (excludes halogenated alkanes) is 4. The van der Waals surface area contributed by atoms with Crippen molar-refractivity contribution in [1.82, 2.24) is 0 Å². The van der Waals surface area contributed by atoms with Crippen molar-refractivity contribution in [2.45, 2.75) is 58.7 Å². The number of carboxylic acid groups (broad SMARTS) is 1. The molecule has 0 aliphatic carbocycles. The Bertz CT molecular complexity index is 123. The largest absolute Gasteiger partial charge is 0.481 e. The Morgan fingerprint density at radius 1 is 1.29 bits per heavy atom. The predicted octanol–water partition coefficient (Wildman–Crippen LogP) is 2.73. The number of halogens is 1. The van der Waals surface area contributed by atoms with Crippen LogP contribution in [0.25, 0.3) is 0 Å². The van der Waals surface area contributed by atoms with Gasteiger partial charge < -0.3 is 10.2 Å². The molecular weight excluding hydrogens is 187 g/mol. The van der Waals surface area contributed by atoms with Crippen LogP contribution in [0.1, 0.15) is 52.4 Å². The van der Waals surface area contributed by atoms with E-state index in [1.54, 1.807) is 0 Å². The molecule has 3 nitrogen and oxygen atoms in total. The van der Waals surface area contributed by atoms with Crippen LogP contribution in [0, 0.1) is 0 Å². The Balaban J connectivity index is 0. The Hall–Kier alpha value is -0.640. The van der Waals surface area contributed by atoms with Gasteiger partial charge in [0.05, 0.1) is 0 Å². The molecule has 0 saturated heterocycles. The molecule has 86 valence electrons. The topological polar surface area (TPSA) is 57.5 Å². The summed E-state index contributed by atoms with van der Waals surface area (Å²) >= 11 is 0. The molecule has 0 aromatic carbocycles. The van der Waals surface area contributed by atoms with Crippen LogP contribution in [0.4, 0.5) is 4.39 Å². The smallest absolute Gasteiger partial charge is 0.300 e. The van der Waals surface area contributed by atoms with Gasteiger partial charge in [0.1, 0.15) is 0 Å². The van der Waals surface area contributed by atoms with Crippen molar-refractivity contribution in [2.75, 3.05) is 0 Å². The molecule has 1 atom stereocenters. The van der Waals surface area contributed by atoms with Gasteiger partial charge in [-0.3, -0.25) is 4.79 Å². The zero-order valence-electron chi connectivity index (χ0n) is 9.00. The summed E-state index contributed by atoms with van der Waals surface area (Å²) < 4.78 is 11.8. The van der Waals surface area contributed by atoms with E-state index in [4.69, 9.17) is 15.0 Å². The van der Waals surface area contributed by atoms with Gasteiger partial charge in [0.15, 0.2) is 6.36 Å². The maximum atomic E-state index is 11.8. The van der Waals surface area contributed by atoms with E-state index in [9.17, 15) is 4.39 Å². The maximum Gasteiger partial charge on any atom is 0.300 e. The van der Waals surface area contributed by atoms with Crippen LogP contribution < -0.4 is 0 Å². The van der Waals surface area contributed by atoms with Gasteiger partial charge in [0.2, 0.25) is 0 Å². The van der Waals surface area contributed by atoms with E-state index < -0.39 is 12.3 Å². The molecule has 4 heteroatoms. The summed E-state index contributed by atoms with van der Waals surface area (Å²) in [5.41, 5.74) is 0. The molecule has 0 aromatic rings. The first kappa shape index (κ1) is 15.8. The summed E-state index contributed by atoms with van der Waals surface area (Å²) in [5.74, 6) is -0.833. The van der Waals surface area contributed by atoms with E-state index in [0.717, 1.165) is 19.8 Å². The Morgan fingerprint density at radius 3 is 2.07 bits per heavy atom. The predicted molar refractivity (Wildman–Crippen MR) is 53.8 cm³/mol. The number of alkyl halides is 1. The van der Waals surface area contributed by atoms with Crippen molar-refractivity contribution in [3.63, 3.8) is 0 Å². The van der Waals surface area contributed by atoms with Crippen molar-refractivity contribution < 1.29 is 19.4 Å². The standard InChI is InChI=1S/C8H17FO.C2H4O2/c1-2-3-4-5-6-7-8(9)10;1-2(3)4/h8,10H,2-7H2,1H3;1H3,(H,3,4). The van der Waals surface area contributed by atoms with E-state index in [1.807, 2.05) is 0 Å². The number of aliphatic hydroxyl groups excluding tert-OH is 1. The number of hydrogen-bond acceptors (Lipinski definition) is 2. The molecule has 0 aromatic heterocycles. The van der Waals surface area contributed by atoms with Gasteiger partial charge in [0.25, 0.3) is 5.97 Å². The number of hydrogen-bond donors (Lipinski definition) is 2. The van der Waals surface area contributed by atoms with Crippen molar-refractivity contribution in [3.05, 3.63) is 0 Å². The summed E-state index contributed by atoms with van der Waals surface area (Å²) in [6.45, 7) is 3.23. The number of carbonyl (C=O) groups is 1. The first-order valence-electron chi connectivity index (χ1n) is 5.02. The number of aliphatic hydroxyl groups is 1. The zero-order valence-corrected chi connectivity index (χ0v) is 9.00. The van der Waals surface area contributed by atoms with Crippen LogP contribution in [0.3, 0.4) is 0 Å². The van der Waals surface area contributed by atoms with Crippen LogP contribution in [0.15, 0.2) is 0 Å². The SMILES string of the molecule is CC(=O)O.CCCCCCCC(O)F. The first-order chi connectivity index (χ1) is 6.50. The van der Waals surface area contributed by atoms with Gasteiger partial charge in [-0.2, -0.15) is 0 Å². The van der Waals surface area contributed by atoms with E-state index in [2.05, 4.69) is 6.92 Å². The third-order valence-corrected chi connectivity index (χ3v) is 1.55. The minimum Gasteiger partial charge on any atom is -0.481 e. The summed E-state index contributed by atoms with van der Waals surface area (Å²) in [7, 11) is 0. The van der Waals surface area contributed by atoms with Crippen LogP contribution >= 0.6 is 0 Å². The van der Waals surface area contributed by atoms with Crippen LogP contribution in [-0.4, -0.2) is 22.5 Å². The molecule has 14 heavy (non-hydrogen) atoms. The lowest BCUT2D eigenvalue weighted by Crippen LogP contribution is -1.95. The molecule has 0 aliphatic heterocycles. The third-order valence-electron chi connectivity index (χ3n) is 1.55. The number of aliphatic carboxylic acids is 1. The lowest BCUT2D eigenvalue weighted by molar-refractivity contribution is -0.134. The van der Waals surface area contributed by atoms with Crippen LogP contribution in [0.5, 0.6) is 0 Å². The van der Waals surface area contributed by atoms with E-state index >= 15 is 0 Å². The van der Waals surface area contributed by atoms with Crippen LogP contribution in [0.2, 0.25) is 0 Å². The molecule has 0 aliphatic rings. The second-order valence-corrected chi connectivity index (χ2v) is 3.16. The fourth-order valence-corrected chi connectivity index (χ4v) is 0.916. The minimum absolute atomic E-state index is 0.309. The molecule has 0 heterocycles. The average Bonchev–Trinajstić information content (AvgIpc) is 2.02. The zero-order chi connectivity index (χ0) is 11.4. The van der Waals surface area contributed by atoms with Crippen LogP contribution in [-0.2, 0) is 4.79 Å². The molecule has 0 spiro atoms. The molecule has 0 fully saturated rings. The van der Waals surface area contributed by atoms with Gasteiger partial charge in [0, 0.05) is 13.3 Å². The molecule has 0 saturated carbocycles. The lowest BCUT2D eigenvalue weighted by Gasteiger charge is -1.99. The molecule has 2 N–H and O–H groups in total. The average molecular weight is 208 g/mol. The molecule has 0 rings (SSSR count). The van der Waals surface area contributed by atoms with Gasteiger partial charge in [-0.05, 0) is 6.42 Å². The van der Waals surface area contributed by atoms with Gasteiger partial charge in [-0.25, -0.2) is 4.39 Å². The van der Waals surface area contributed by atoms with Gasteiger partial charge in [-0.1, -0.05) is 32.6 Å². The van der Waals surface area contributed by atoms with Gasteiger partial charge in [-0.15, -0.1) is 0 Å². The molecule has 0 amide bonds. The maximum absolute atomic E-state index is 11.8. The van der Waals surface area contributed by atoms with E-state index in [1.165, 1.54) is 19.3 Å². The molecule has 0 radical (unpaired) electrons. The fourth-order valence-electron chi connectivity index (χ4n) is 0.916. The summed E-state index contributed by atoms with van der Waals surface area (Å²) in [6.07, 6.45) is 4.18. The Morgan fingerprint density at radius 2 is 1.71 bits per heavy atom. The second kappa shape index (κ2) is 12.4. The highest BCUT2D eigenvalue weighted by molar-refractivity contribution is 5.62. The molecule has 0 bridgehead atoms. The van der Waals surface area contributed by atoms with Crippen molar-refractivity contribution in [3.8, 4) is 0 Å². The quantitative estimate of drug-likeness (QED) is 0.660. The lowest BCUT2D eigenvalue weighted by atomic mass is 10.1. The first-order valence-corrected chi connectivity index (χ1v) is 5.02. The minimum atomic E-state index is -1.60. The van der Waals surface area contributed by atoms with Gasteiger partial charge >= 0.3 is 0 Å². The highest BCUT2D eigenvalue weighted by Crippen LogP contribution is 2.07. The number of rotatable bonds is 6.